The molecule has 2 aromatic rings. The van der Waals surface area contributed by atoms with Crippen molar-refractivity contribution in [2.45, 2.75) is 24.8 Å². The largest absolute Gasteiger partial charge is 0.382 e. The van der Waals surface area contributed by atoms with Gasteiger partial charge in [0.1, 0.15) is 5.69 Å². The Kier molecular flexibility index (Phi) is 4.34. The summed E-state index contributed by atoms with van der Waals surface area (Å²) in [7, 11) is 3.50. The van der Waals surface area contributed by atoms with Crippen molar-refractivity contribution in [2.75, 3.05) is 20.8 Å². The average Bonchev–Trinajstić information content (AvgIpc) is 2.58. The van der Waals surface area contributed by atoms with Gasteiger partial charge in [0.25, 0.3) is 5.91 Å². The van der Waals surface area contributed by atoms with E-state index in [1.54, 1.807) is 30.6 Å². The van der Waals surface area contributed by atoms with E-state index in [0.717, 1.165) is 19.3 Å². The molecule has 0 atom stereocenters. The first-order valence-corrected chi connectivity index (χ1v) is 7.67. The summed E-state index contributed by atoms with van der Waals surface area (Å²) in [5.74, 6) is 0.439. The van der Waals surface area contributed by atoms with Crippen molar-refractivity contribution >= 4 is 5.91 Å². The SMILES string of the molecule is COCC1(N(C)C(=O)c2cnc(-c3ccccn3)nc2)CCC1. The van der Waals surface area contributed by atoms with Crippen LogP contribution in [0, 0.1) is 0 Å². The lowest BCUT2D eigenvalue weighted by Crippen LogP contribution is -2.57. The first kappa shape index (κ1) is 15.6. The molecule has 0 N–H and O–H groups in total. The summed E-state index contributed by atoms with van der Waals surface area (Å²) in [6.45, 7) is 0.558. The van der Waals surface area contributed by atoms with Crippen LogP contribution in [0.5, 0.6) is 0 Å². The summed E-state index contributed by atoms with van der Waals surface area (Å²) in [5.41, 5.74) is 0.982. The summed E-state index contributed by atoms with van der Waals surface area (Å²) in [6, 6.07) is 5.55. The minimum atomic E-state index is -0.189. The number of likely N-dealkylation sites (N-methyl/N-ethyl adjacent to an activating group) is 1. The number of methoxy groups -OCH3 is 1. The molecule has 1 amide bonds. The van der Waals surface area contributed by atoms with E-state index >= 15 is 0 Å². The van der Waals surface area contributed by atoms with Crippen molar-refractivity contribution in [3.63, 3.8) is 0 Å². The predicted octanol–water partition coefficient (Wildman–Crippen LogP) is 2.18. The van der Waals surface area contributed by atoms with Crippen molar-refractivity contribution in [2.24, 2.45) is 0 Å². The molecule has 1 saturated carbocycles. The van der Waals surface area contributed by atoms with Gasteiger partial charge in [-0.1, -0.05) is 6.07 Å². The van der Waals surface area contributed by atoms with E-state index in [1.165, 1.54) is 0 Å². The van der Waals surface area contributed by atoms with Crippen LogP contribution in [-0.2, 0) is 4.74 Å². The maximum absolute atomic E-state index is 12.7. The molecule has 120 valence electrons. The fourth-order valence-corrected chi connectivity index (χ4v) is 2.90. The number of ether oxygens (including phenoxy) is 1. The summed E-state index contributed by atoms with van der Waals surface area (Å²) in [6.07, 6.45) is 7.88. The van der Waals surface area contributed by atoms with Gasteiger partial charge < -0.3 is 9.64 Å². The van der Waals surface area contributed by atoms with Crippen LogP contribution >= 0.6 is 0 Å². The highest BCUT2D eigenvalue weighted by Crippen LogP contribution is 2.37. The Morgan fingerprint density at radius 1 is 1.26 bits per heavy atom. The zero-order valence-corrected chi connectivity index (χ0v) is 13.4. The lowest BCUT2D eigenvalue weighted by atomic mass is 9.76. The number of nitrogens with zero attached hydrogens (tertiary/aromatic N) is 4. The second-order valence-electron chi connectivity index (χ2n) is 5.89. The van der Waals surface area contributed by atoms with Crippen molar-refractivity contribution in [3.05, 3.63) is 42.4 Å². The van der Waals surface area contributed by atoms with E-state index in [-0.39, 0.29) is 11.4 Å². The Labute approximate surface area is 135 Å². The fraction of sp³-hybridized carbons (Fsp3) is 0.412. The van der Waals surface area contributed by atoms with Crippen molar-refractivity contribution in [1.82, 2.24) is 19.9 Å². The third-order valence-electron chi connectivity index (χ3n) is 4.51. The van der Waals surface area contributed by atoms with Gasteiger partial charge in [0.2, 0.25) is 0 Å². The van der Waals surface area contributed by atoms with Crippen molar-refractivity contribution in [3.8, 4) is 11.5 Å². The summed E-state index contributed by atoms with van der Waals surface area (Å²) in [4.78, 5) is 27.2. The number of amides is 1. The predicted molar refractivity (Wildman–Crippen MR) is 85.8 cm³/mol. The third kappa shape index (κ3) is 2.94. The lowest BCUT2D eigenvalue weighted by molar-refractivity contribution is -0.0185. The number of hydrogen-bond acceptors (Lipinski definition) is 5. The van der Waals surface area contributed by atoms with Crippen LogP contribution in [0.2, 0.25) is 0 Å². The van der Waals surface area contributed by atoms with Gasteiger partial charge in [0.15, 0.2) is 5.82 Å². The summed E-state index contributed by atoms with van der Waals surface area (Å²) in [5, 5.41) is 0. The highest BCUT2D eigenvalue weighted by molar-refractivity contribution is 5.94. The molecule has 0 unspecified atom stereocenters. The number of rotatable bonds is 5. The molecular formula is C17H20N4O2. The molecule has 0 bridgehead atoms. The van der Waals surface area contributed by atoms with E-state index in [2.05, 4.69) is 15.0 Å². The topological polar surface area (TPSA) is 68.2 Å². The first-order valence-electron chi connectivity index (χ1n) is 7.67. The van der Waals surface area contributed by atoms with Gasteiger partial charge in [-0.3, -0.25) is 9.78 Å². The number of aromatic nitrogens is 3. The molecule has 2 aromatic heterocycles. The normalized spacial score (nSPS) is 15.7. The Morgan fingerprint density at radius 2 is 2.00 bits per heavy atom. The summed E-state index contributed by atoms with van der Waals surface area (Å²) >= 11 is 0. The Bertz CT molecular complexity index is 669. The minimum Gasteiger partial charge on any atom is -0.382 e. The molecule has 0 aromatic carbocycles. The highest BCUT2D eigenvalue weighted by Gasteiger charge is 2.43. The molecule has 23 heavy (non-hydrogen) atoms. The maximum Gasteiger partial charge on any atom is 0.257 e. The van der Waals surface area contributed by atoms with Crippen LogP contribution in [-0.4, -0.2) is 52.1 Å². The molecule has 1 aliphatic carbocycles. The van der Waals surface area contributed by atoms with Crippen LogP contribution < -0.4 is 0 Å². The molecule has 6 nitrogen and oxygen atoms in total. The van der Waals surface area contributed by atoms with Crippen molar-refractivity contribution in [1.29, 1.82) is 0 Å². The minimum absolute atomic E-state index is 0.0747. The lowest BCUT2D eigenvalue weighted by Gasteiger charge is -2.48. The first-order chi connectivity index (χ1) is 11.2. The average molecular weight is 312 g/mol. The van der Waals surface area contributed by atoms with Crippen molar-refractivity contribution < 1.29 is 9.53 Å². The number of hydrogen-bond donors (Lipinski definition) is 0. The van der Waals surface area contributed by atoms with Gasteiger partial charge in [-0.05, 0) is 31.4 Å². The number of carbonyl (C=O) groups is 1. The Morgan fingerprint density at radius 3 is 2.52 bits per heavy atom. The monoisotopic (exact) mass is 312 g/mol. The van der Waals surface area contributed by atoms with Crippen LogP contribution in [0.15, 0.2) is 36.8 Å². The number of pyridine rings is 1. The third-order valence-corrected chi connectivity index (χ3v) is 4.51. The molecular weight excluding hydrogens is 292 g/mol. The zero-order valence-electron chi connectivity index (χ0n) is 13.4. The Balaban J connectivity index is 1.78. The molecule has 0 radical (unpaired) electrons. The van der Waals surface area contributed by atoms with E-state index in [9.17, 15) is 4.79 Å². The zero-order chi connectivity index (χ0) is 16.3. The van der Waals surface area contributed by atoms with E-state index in [4.69, 9.17) is 4.74 Å². The second kappa shape index (κ2) is 6.42. The molecule has 0 spiro atoms. The van der Waals surface area contributed by atoms with E-state index < -0.39 is 0 Å². The van der Waals surface area contributed by atoms with E-state index in [0.29, 0.717) is 23.7 Å². The quantitative estimate of drug-likeness (QED) is 0.846. The molecule has 2 heterocycles. The van der Waals surface area contributed by atoms with Crippen LogP contribution in [0.25, 0.3) is 11.5 Å². The van der Waals surface area contributed by atoms with Crippen LogP contribution in [0.4, 0.5) is 0 Å². The standard InChI is InChI=1S/C17H20N4O2/c1-21(17(12-23-2)7-5-8-17)16(22)13-10-19-15(20-11-13)14-6-3-4-9-18-14/h3-4,6,9-11H,5,7-8,12H2,1-2H3. The number of carbonyl (C=O) groups excluding carboxylic acids is 1. The molecule has 6 heteroatoms. The van der Waals surface area contributed by atoms with Gasteiger partial charge >= 0.3 is 0 Å². The van der Waals surface area contributed by atoms with Gasteiger partial charge in [-0.2, -0.15) is 0 Å². The van der Waals surface area contributed by atoms with Gasteiger partial charge in [0, 0.05) is 32.7 Å². The van der Waals surface area contributed by atoms with Gasteiger partial charge in [-0.25, -0.2) is 9.97 Å². The fourth-order valence-electron chi connectivity index (χ4n) is 2.90. The molecule has 3 rings (SSSR count). The second-order valence-corrected chi connectivity index (χ2v) is 5.89. The smallest absolute Gasteiger partial charge is 0.257 e. The molecule has 0 aliphatic heterocycles. The summed E-state index contributed by atoms with van der Waals surface area (Å²) < 4.78 is 5.30. The molecule has 1 fully saturated rings. The highest BCUT2D eigenvalue weighted by atomic mass is 16.5. The molecule has 0 saturated heterocycles. The van der Waals surface area contributed by atoms with Gasteiger partial charge in [0.05, 0.1) is 17.7 Å². The maximum atomic E-state index is 12.7. The van der Waals surface area contributed by atoms with Gasteiger partial charge in [-0.15, -0.1) is 0 Å². The van der Waals surface area contributed by atoms with Crippen LogP contribution in [0.3, 0.4) is 0 Å². The van der Waals surface area contributed by atoms with Crippen LogP contribution in [0.1, 0.15) is 29.6 Å². The molecule has 1 aliphatic rings. The Hall–Kier alpha value is -2.34. The van der Waals surface area contributed by atoms with E-state index in [1.807, 2.05) is 25.2 Å².